The van der Waals surface area contributed by atoms with Crippen LogP contribution >= 0.6 is 0 Å². The molecular formula is C17H25F5N2O2. The molecule has 1 heterocycles. The first-order valence-electron chi connectivity index (χ1n) is 8.59. The molecule has 0 radical (unpaired) electrons. The Hall–Kier alpha value is -1.59. The van der Waals surface area contributed by atoms with Gasteiger partial charge in [0.2, 0.25) is 0 Å². The first-order valence-corrected chi connectivity index (χ1v) is 8.59. The van der Waals surface area contributed by atoms with Crippen molar-refractivity contribution in [3.63, 3.8) is 0 Å². The van der Waals surface area contributed by atoms with Crippen LogP contribution in [0.4, 0.5) is 26.7 Å². The van der Waals surface area contributed by atoms with Crippen molar-refractivity contribution in [3.8, 4) is 6.07 Å². The molecule has 4 nitrogen and oxygen atoms in total. The maximum Gasteiger partial charge on any atom is 0.453 e. The molecule has 1 unspecified atom stereocenters. The predicted molar refractivity (Wildman–Crippen MR) is 84.5 cm³/mol. The van der Waals surface area contributed by atoms with Crippen LogP contribution in [0.15, 0.2) is 0 Å². The van der Waals surface area contributed by atoms with Crippen molar-refractivity contribution in [3.05, 3.63) is 0 Å². The fourth-order valence-corrected chi connectivity index (χ4v) is 2.90. The van der Waals surface area contributed by atoms with Gasteiger partial charge >= 0.3 is 18.2 Å². The Bertz CT molecular complexity index is 515. The number of hydrogen-bond acceptors (Lipinski definition) is 3. The van der Waals surface area contributed by atoms with E-state index >= 15 is 0 Å². The van der Waals surface area contributed by atoms with E-state index in [1.807, 2.05) is 6.07 Å². The lowest BCUT2D eigenvalue weighted by Crippen LogP contribution is -2.42. The topological polar surface area (TPSA) is 53.3 Å². The van der Waals surface area contributed by atoms with E-state index < -0.39 is 36.1 Å². The van der Waals surface area contributed by atoms with Gasteiger partial charge in [-0.2, -0.15) is 27.2 Å². The summed E-state index contributed by atoms with van der Waals surface area (Å²) < 4.78 is 67.6. The summed E-state index contributed by atoms with van der Waals surface area (Å²) in [5.41, 5.74) is -0.618. The molecule has 9 heteroatoms. The molecule has 1 amide bonds. The van der Waals surface area contributed by atoms with Gasteiger partial charge in [-0.25, -0.2) is 4.79 Å². The van der Waals surface area contributed by atoms with Crippen LogP contribution < -0.4 is 0 Å². The zero-order valence-electron chi connectivity index (χ0n) is 15.2. The van der Waals surface area contributed by atoms with Crippen LogP contribution in [0, 0.1) is 23.2 Å². The molecule has 0 aromatic carbocycles. The number of alkyl halides is 5. The second kappa shape index (κ2) is 8.40. The largest absolute Gasteiger partial charge is 0.453 e. The maximum absolute atomic E-state index is 12.9. The summed E-state index contributed by atoms with van der Waals surface area (Å²) >= 11 is 0. The van der Waals surface area contributed by atoms with Crippen molar-refractivity contribution in [2.24, 2.45) is 11.8 Å². The van der Waals surface area contributed by atoms with E-state index in [2.05, 4.69) is 0 Å². The number of likely N-dealkylation sites (tertiary alicyclic amines) is 1. The van der Waals surface area contributed by atoms with E-state index in [0.29, 0.717) is 25.9 Å². The Morgan fingerprint density at radius 1 is 1.19 bits per heavy atom. The minimum Gasteiger partial charge on any atom is -0.444 e. The van der Waals surface area contributed by atoms with Gasteiger partial charge in [0.25, 0.3) is 0 Å². The molecule has 0 saturated carbocycles. The molecule has 1 fully saturated rings. The quantitative estimate of drug-likeness (QED) is 0.617. The van der Waals surface area contributed by atoms with Crippen molar-refractivity contribution in [2.75, 3.05) is 13.1 Å². The fourth-order valence-electron chi connectivity index (χ4n) is 2.90. The summed E-state index contributed by atoms with van der Waals surface area (Å²) in [5, 5.41) is 9.23. The molecule has 1 aliphatic rings. The number of ether oxygens (including phenoxy) is 1. The summed E-state index contributed by atoms with van der Waals surface area (Å²) in [4.78, 5) is 13.5. The number of halogens is 5. The number of amides is 1. The van der Waals surface area contributed by atoms with E-state index in [9.17, 15) is 32.0 Å². The highest BCUT2D eigenvalue weighted by Crippen LogP contribution is 2.40. The minimum atomic E-state index is -5.56. The lowest BCUT2D eigenvalue weighted by atomic mass is 9.82. The molecule has 1 saturated heterocycles. The summed E-state index contributed by atoms with van der Waals surface area (Å²) in [5.74, 6) is -5.45. The van der Waals surface area contributed by atoms with E-state index in [1.165, 1.54) is 4.90 Å². The van der Waals surface area contributed by atoms with E-state index in [0.717, 1.165) is 0 Å². The van der Waals surface area contributed by atoms with Gasteiger partial charge in [0, 0.05) is 25.4 Å². The van der Waals surface area contributed by atoms with Gasteiger partial charge in [0.05, 0.1) is 6.07 Å². The summed E-state index contributed by atoms with van der Waals surface area (Å²) in [7, 11) is 0. The third-order valence-electron chi connectivity index (χ3n) is 4.35. The van der Waals surface area contributed by atoms with Crippen molar-refractivity contribution in [1.82, 2.24) is 4.90 Å². The van der Waals surface area contributed by atoms with Crippen molar-refractivity contribution in [2.45, 2.75) is 70.6 Å². The van der Waals surface area contributed by atoms with Gasteiger partial charge in [-0.3, -0.25) is 0 Å². The van der Waals surface area contributed by atoms with Crippen LogP contribution in [0.1, 0.15) is 52.9 Å². The number of rotatable bonds is 5. The molecule has 0 aliphatic carbocycles. The van der Waals surface area contributed by atoms with Crippen LogP contribution in [0.5, 0.6) is 0 Å². The Labute approximate surface area is 150 Å². The lowest BCUT2D eigenvalue weighted by molar-refractivity contribution is -0.284. The van der Waals surface area contributed by atoms with Crippen LogP contribution in [0.25, 0.3) is 0 Å². The highest BCUT2D eigenvalue weighted by molar-refractivity contribution is 5.68. The molecule has 1 atom stereocenters. The Kier molecular flexibility index (Phi) is 7.25. The van der Waals surface area contributed by atoms with Crippen molar-refractivity contribution in [1.29, 1.82) is 5.26 Å². The average Bonchev–Trinajstić information content (AvgIpc) is 2.49. The van der Waals surface area contributed by atoms with Crippen LogP contribution in [-0.4, -0.2) is 41.8 Å². The van der Waals surface area contributed by atoms with Gasteiger partial charge in [-0.15, -0.1) is 0 Å². The maximum atomic E-state index is 12.9. The molecule has 0 aromatic rings. The SMILES string of the molecule is CC(C)(C)OC(=O)N1CCC(C(C#N)CCCC(F)(F)C(F)(F)F)CC1. The van der Waals surface area contributed by atoms with Gasteiger partial charge < -0.3 is 9.64 Å². The number of carbonyl (C=O) groups excluding carboxylic acids is 1. The molecule has 1 aliphatic heterocycles. The highest BCUT2D eigenvalue weighted by Gasteiger charge is 2.56. The number of nitrogens with zero attached hydrogens (tertiary/aromatic N) is 2. The van der Waals surface area contributed by atoms with Crippen LogP contribution in [0.3, 0.4) is 0 Å². The van der Waals surface area contributed by atoms with E-state index in [-0.39, 0.29) is 18.8 Å². The predicted octanol–water partition coefficient (Wildman–Crippen LogP) is 5.14. The van der Waals surface area contributed by atoms with Crippen LogP contribution in [-0.2, 0) is 4.74 Å². The zero-order chi connectivity index (χ0) is 20.2. The molecule has 150 valence electrons. The molecule has 0 bridgehead atoms. The van der Waals surface area contributed by atoms with Crippen LogP contribution in [0.2, 0.25) is 0 Å². The Morgan fingerprint density at radius 3 is 2.15 bits per heavy atom. The fraction of sp³-hybridized carbons (Fsp3) is 0.882. The monoisotopic (exact) mass is 384 g/mol. The third-order valence-corrected chi connectivity index (χ3v) is 4.35. The number of nitriles is 1. The molecule has 0 spiro atoms. The van der Waals surface area contributed by atoms with Crippen molar-refractivity contribution < 1.29 is 31.5 Å². The van der Waals surface area contributed by atoms with Gasteiger partial charge in [0.15, 0.2) is 0 Å². The Morgan fingerprint density at radius 2 is 1.73 bits per heavy atom. The highest BCUT2D eigenvalue weighted by atomic mass is 19.4. The van der Waals surface area contributed by atoms with Gasteiger partial charge in [-0.1, -0.05) is 0 Å². The lowest BCUT2D eigenvalue weighted by Gasteiger charge is -2.35. The smallest absolute Gasteiger partial charge is 0.444 e. The number of piperidine rings is 1. The average molecular weight is 384 g/mol. The first-order chi connectivity index (χ1) is 11.8. The second-order valence-electron chi connectivity index (χ2n) is 7.63. The minimum absolute atomic E-state index is 0.0146. The molecular weight excluding hydrogens is 359 g/mol. The standard InChI is InChI=1S/C17H25F5N2O2/c1-15(2,3)26-14(25)24-9-6-12(7-10-24)13(11-23)5-4-8-16(18,19)17(20,21)22/h12-13H,4-10H2,1-3H3. The first kappa shape index (κ1) is 22.5. The zero-order valence-corrected chi connectivity index (χ0v) is 15.2. The van der Waals surface area contributed by atoms with Crippen molar-refractivity contribution >= 4 is 6.09 Å². The van der Waals surface area contributed by atoms with Gasteiger partial charge in [-0.05, 0) is 52.4 Å². The molecule has 0 aromatic heterocycles. The normalized spacial score (nSPS) is 18.3. The molecule has 0 N–H and O–H groups in total. The van der Waals surface area contributed by atoms with E-state index in [4.69, 9.17) is 4.74 Å². The Balaban J connectivity index is 2.47. The summed E-state index contributed by atoms with van der Waals surface area (Å²) in [6, 6.07) is 2.02. The summed E-state index contributed by atoms with van der Waals surface area (Å²) in [6.45, 7) is 5.99. The summed E-state index contributed by atoms with van der Waals surface area (Å²) in [6.07, 6.45) is -6.73. The molecule has 26 heavy (non-hydrogen) atoms. The van der Waals surface area contributed by atoms with Gasteiger partial charge in [0.1, 0.15) is 5.60 Å². The number of carbonyl (C=O) groups is 1. The van der Waals surface area contributed by atoms with E-state index in [1.54, 1.807) is 20.8 Å². The second-order valence-corrected chi connectivity index (χ2v) is 7.63. The third kappa shape index (κ3) is 6.61. The number of hydrogen-bond donors (Lipinski definition) is 0. The molecule has 1 rings (SSSR count).